The predicted octanol–water partition coefficient (Wildman–Crippen LogP) is 3.10. The number of hydrogen-bond donors (Lipinski definition) is 3. The van der Waals surface area contributed by atoms with Gasteiger partial charge in [-0.05, 0) is 42.5 Å². The summed E-state index contributed by atoms with van der Waals surface area (Å²) in [5.41, 5.74) is 1.41. The van der Waals surface area contributed by atoms with Gasteiger partial charge in [-0.2, -0.15) is 0 Å². The van der Waals surface area contributed by atoms with Crippen LogP contribution in [-0.4, -0.2) is 37.9 Å². The van der Waals surface area contributed by atoms with Crippen LogP contribution in [0.25, 0.3) is 0 Å². The van der Waals surface area contributed by atoms with Crippen LogP contribution >= 0.6 is 11.6 Å². The molecule has 0 aliphatic heterocycles. The van der Waals surface area contributed by atoms with Gasteiger partial charge in [0.1, 0.15) is 5.75 Å². The number of benzene rings is 2. The molecule has 3 amide bonds. The SMILES string of the molecule is COc1ccc(Cl)cc1C(=O)NCCNC(=O)c1ccc(NC(=O)C(C)C)cc1. The van der Waals surface area contributed by atoms with Gasteiger partial charge in [0.2, 0.25) is 5.91 Å². The first-order valence-electron chi connectivity index (χ1n) is 9.12. The minimum absolute atomic E-state index is 0.0886. The van der Waals surface area contributed by atoms with Crippen molar-refractivity contribution in [2.45, 2.75) is 13.8 Å². The number of hydrogen-bond acceptors (Lipinski definition) is 4. The van der Waals surface area contributed by atoms with Crippen LogP contribution in [0.15, 0.2) is 42.5 Å². The van der Waals surface area contributed by atoms with Crippen molar-refractivity contribution in [2.24, 2.45) is 5.92 Å². The van der Waals surface area contributed by atoms with Crippen LogP contribution in [0.3, 0.4) is 0 Å². The third-order valence-electron chi connectivity index (χ3n) is 4.04. The number of amides is 3. The molecule has 0 bridgehead atoms. The van der Waals surface area contributed by atoms with Crippen molar-refractivity contribution >= 4 is 35.0 Å². The normalized spacial score (nSPS) is 10.4. The number of ether oxygens (including phenoxy) is 1. The topological polar surface area (TPSA) is 96.5 Å². The Labute approximate surface area is 174 Å². The lowest BCUT2D eigenvalue weighted by atomic mass is 10.1. The van der Waals surface area contributed by atoms with Crippen molar-refractivity contribution in [1.29, 1.82) is 0 Å². The Hall–Kier alpha value is -3.06. The second kappa shape index (κ2) is 10.5. The minimum atomic E-state index is -0.344. The van der Waals surface area contributed by atoms with E-state index in [2.05, 4.69) is 16.0 Å². The smallest absolute Gasteiger partial charge is 0.255 e. The summed E-state index contributed by atoms with van der Waals surface area (Å²) in [4.78, 5) is 36.1. The molecule has 8 heteroatoms. The summed E-state index contributed by atoms with van der Waals surface area (Å²) in [5, 5.41) is 8.63. The first-order chi connectivity index (χ1) is 13.8. The Morgan fingerprint density at radius 1 is 0.966 bits per heavy atom. The Morgan fingerprint density at radius 2 is 1.59 bits per heavy atom. The fourth-order valence-corrected chi connectivity index (χ4v) is 2.57. The highest BCUT2D eigenvalue weighted by molar-refractivity contribution is 6.31. The van der Waals surface area contributed by atoms with Gasteiger partial charge in [0.25, 0.3) is 11.8 Å². The molecule has 0 saturated carbocycles. The lowest BCUT2D eigenvalue weighted by Gasteiger charge is -2.11. The number of anilines is 1. The van der Waals surface area contributed by atoms with Crippen molar-refractivity contribution in [1.82, 2.24) is 10.6 Å². The summed E-state index contributed by atoms with van der Waals surface area (Å²) in [5.74, 6) is -0.417. The number of carbonyl (C=O) groups excluding carboxylic acids is 3. The van der Waals surface area contributed by atoms with E-state index < -0.39 is 0 Å². The maximum Gasteiger partial charge on any atom is 0.255 e. The number of rotatable bonds is 8. The maximum atomic E-state index is 12.3. The summed E-state index contributed by atoms with van der Waals surface area (Å²) >= 11 is 5.93. The summed E-state index contributed by atoms with van der Waals surface area (Å²) < 4.78 is 5.16. The maximum absolute atomic E-state index is 12.3. The van der Waals surface area contributed by atoms with Crippen LogP contribution in [0.1, 0.15) is 34.6 Å². The molecule has 0 saturated heterocycles. The Kier molecular flexibility index (Phi) is 8.03. The zero-order chi connectivity index (χ0) is 21.4. The Morgan fingerprint density at radius 3 is 2.17 bits per heavy atom. The van der Waals surface area contributed by atoms with Crippen molar-refractivity contribution in [2.75, 3.05) is 25.5 Å². The minimum Gasteiger partial charge on any atom is -0.496 e. The Bertz CT molecular complexity index is 882. The van der Waals surface area contributed by atoms with Gasteiger partial charge in [0, 0.05) is 35.3 Å². The summed E-state index contributed by atoms with van der Waals surface area (Å²) in [6.45, 7) is 4.10. The molecule has 2 aromatic carbocycles. The summed E-state index contributed by atoms with van der Waals surface area (Å²) in [6.07, 6.45) is 0. The quantitative estimate of drug-likeness (QED) is 0.575. The van der Waals surface area contributed by atoms with E-state index in [1.165, 1.54) is 13.2 Å². The molecule has 29 heavy (non-hydrogen) atoms. The molecule has 0 unspecified atom stereocenters. The second-order valence-corrected chi connectivity index (χ2v) is 7.01. The molecule has 154 valence electrons. The van der Waals surface area contributed by atoms with Crippen molar-refractivity contribution in [3.05, 3.63) is 58.6 Å². The third-order valence-corrected chi connectivity index (χ3v) is 4.28. The highest BCUT2D eigenvalue weighted by Gasteiger charge is 2.13. The largest absolute Gasteiger partial charge is 0.496 e. The van der Waals surface area contributed by atoms with Crippen LogP contribution in [-0.2, 0) is 4.79 Å². The van der Waals surface area contributed by atoms with E-state index in [4.69, 9.17) is 16.3 Å². The van der Waals surface area contributed by atoms with E-state index in [-0.39, 0.29) is 36.7 Å². The number of methoxy groups -OCH3 is 1. The standard InChI is InChI=1S/C21H24ClN3O4/c1-13(2)19(26)25-16-7-4-14(5-8-16)20(27)23-10-11-24-21(28)17-12-15(22)6-9-18(17)29-3/h4-9,12-13H,10-11H2,1-3H3,(H,23,27)(H,24,28)(H,25,26). The van der Waals surface area contributed by atoms with Gasteiger partial charge >= 0.3 is 0 Å². The van der Waals surface area contributed by atoms with E-state index >= 15 is 0 Å². The van der Waals surface area contributed by atoms with Gasteiger partial charge in [0.15, 0.2) is 0 Å². The molecule has 0 spiro atoms. The number of carbonyl (C=O) groups is 3. The first-order valence-corrected chi connectivity index (χ1v) is 9.50. The molecule has 0 heterocycles. The Balaban J connectivity index is 1.82. The van der Waals surface area contributed by atoms with Crippen molar-refractivity contribution in [3.63, 3.8) is 0 Å². The van der Waals surface area contributed by atoms with Gasteiger partial charge in [-0.3, -0.25) is 14.4 Å². The fourth-order valence-electron chi connectivity index (χ4n) is 2.40. The molecule has 0 aliphatic rings. The highest BCUT2D eigenvalue weighted by Crippen LogP contribution is 2.22. The molecular weight excluding hydrogens is 394 g/mol. The van der Waals surface area contributed by atoms with E-state index in [9.17, 15) is 14.4 Å². The third kappa shape index (κ3) is 6.50. The second-order valence-electron chi connectivity index (χ2n) is 6.58. The molecular formula is C21H24ClN3O4. The van der Waals surface area contributed by atoms with Crippen LogP contribution in [0, 0.1) is 5.92 Å². The van der Waals surface area contributed by atoms with Gasteiger partial charge in [0.05, 0.1) is 12.7 Å². The molecule has 2 rings (SSSR count). The van der Waals surface area contributed by atoms with Crippen molar-refractivity contribution in [3.8, 4) is 5.75 Å². The molecule has 0 atom stereocenters. The number of halogens is 1. The molecule has 3 N–H and O–H groups in total. The molecule has 2 aromatic rings. The monoisotopic (exact) mass is 417 g/mol. The molecule has 0 radical (unpaired) electrons. The van der Waals surface area contributed by atoms with Crippen LogP contribution in [0.5, 0.6) is 5.75 Å². The van der Waals surface area contributed by atoms with Crippen LogP contribution < -0.4 is 20.7 Å². The van der Waals surface area contributed by atoms with E-state index in [1.807, 2.05) is 0 Å². The summed E-state index contributed by atoms with van der Waals surface area (Å²) in [6, 6.07) is 11.4. The predicted molar refractivity (Wildman–Crippen MR) is 113 cm³/mol. The van der Waals surface area contributed by atoms with Gasteiger partial charge in [-0.1, -0.05) is 25.4 Å². The van der Waals surface area contributed by atoms with Crippen LogP contribution in [0.2, 0.25) is 5.02 Å². The average molecular weight is 418 g/mol. The fraction of sp³-hybridized carbons (Fsp3) is 0.286. The average Bonchev–Trinajstić information content (AvgIpc) is 2.71. The highest BCUT2D eigenvalue weighted by atomic mass is 35.5. The summed E-state index contributed by atoms with van der Waals surface area (Å²) in [7, 11) is 1.47. The van der Waals surface area contributed by atoms with Gasteiger partial charge in [-0.25, -0.2) is 0 Å². The van der Waals surface area contributed by atoms with Crippen LogP contribution in [0.4, 0.5) is 5.69 Å². The lowest BCUT2D eigenvalue weighted by Crippen LogP contribution is -2.34. The zero-order valence-electron chi connectivity index (χ0n) is 16.5. The van der Waals surface area contributed by atoms with E-state index in [1.54, 1.807) is 50.2 Å². The molecule has 0 aliphatic carbocycles. The lowest BCUT2D eigenvalue weighted by molar-refractivity contribution is -0.118. The van der Waals surface area contributed by atoms with Gasteiger partial charge < -0.3 is 20.7 Å². The van der Waals surface area contributed by atoms with E-state index in [0.29, 0.717) is 27.6 Å². The molecule has 7 nitrogen and oxygen atoms in total. The zero-order valence-corrected chi connectivity index (χ0v) is 17.3. The van der Waals surface area contributed by atoms with Gasteiger partial charge in [-0.15, -0.1) is 0 Å². The number of nitrogens with one attached hydrogen (secondary N) is 3. The molecule has 0 aromatic heterocycles. The van der Waals surface area contributed by atoms with E-state index in [0.717, 1.165) is 0 Å². The molecule has 0 fully saturated rings. The first kappa shape index (κ1) is 22.2. The van der Waals surface area contributed by atoms with Crippen molar-refractivity contribution < 1.29 is 19.1 Å².